The lowest BCUT2D eigenvalue weighted by Gasteiger charge is -2.12. The molecule has 17 heavy (non-hydrogen) atoms. The molecule has 0 heterocycles. The van der Waals surface area contributed by atoms with Crippen LogP contribution >= 0.6 is 0 Å². The predicted octanol–water partition coefficient (Wildman–Crippen LogP) is 3.11. The highest BCUT2D eigenvalue weighted by molar-refractivity contribution is 5.25. The fraction of sp³-hybridized carbons (Fsp3) is 0.600. The van der Waals surface area contributed by atoms with E-state index in [0.717, 1.165) is 25.8 Å². The van der Waals surface area contributed by atoms with Crippen molar-refractivity contribution in [3.05, 3.63) is 35.4 Å². The molecule has 2 atom stereocenters. The molecule has 0 fully saturated rings. The van der Waals surface area contributed by atoms with E-state index in [0.29, 0.717) is 12.0 Å². The summed E-state index contributed by atoms with van der Waals surface area (Å²) in [4.78, 5) is 0. The molecule has 0 bridgehead atoms. The summed E-state index contributed by atoms with van der Waals surface area (Å²) in [6.45, 7) is 5.10. The maximum absolute atomic E-state index is 5.58. The summed E-state index contributed by atoms with van der Waals surface area (Å²) in [6, 6.07) is 8.91. The molecule has 0 saturated carbocycles. The summed E-state index contributed by atoms with van der Waals surface area (Å²) in [5.74, 6) is 0.562. The third kappa shape index (κ3) is 4.88. The van der Waals surface area contributed by atoms with E-state index >= 15 is 0 Å². The molecule has 1 rings (SSSR count). The molecule has 0 aliphatic rings. The summed E-state index contributed by atoms with van der Waals surface area (Å²) in [6.07, 6.45) is 3.56. The van der Waals surface area contributed by atoms with Crippen molar-refractivity contribution >= 4 is 0 Å². The van der Waals surface area contributed by atoms with Crippen LogP contribution in [-0.2, 0) is 11.2 Å². The number of rotatable bonds is 7. The standard InChI is InChI=1S/C15H25NO/c1-12(10-11-16)15-8-6-14(7-9-15)5-4-13(2)17-3/h6-9,12-13H,4-5,10-11,16H2,1-3H3. The average molecular weight is 235 g/mol. The molecule has 0 radical (unpaired) electrons. The fourth-order valence-corrected chi connectivity index (χ4v) is 1.92. The number of methoxy groups -OCH3 is 1. The van der Waals surface area contributed by atoms with Crippen molar-refractivity contribution in [2.24, 2.45) is 5.73 Å². The smallest absolute Gasteiger partial charge is 0.0546 e. The van der Waals surface area contributed by atoms with Gasteiger partial charge in [0.1, 0.15) is 0 Å². The molecule has 2 unspecified atom stereocenters. The van der Waals surface area contributed by atoms with Gasteiger partial charge in [-0.3, -0.25) is 0 Å². The highest BCUT2D eigenvalue weighted by atomic mass is 16.5. The van der Waals surface area contributed by atoms with E-state index in [1.165, 1.54) is 11.1 Å². The van der Waals surface area contributed by atoms with E-state index in [1.807, 2.05) is 0 Å². The zero-order valence-corrected chi connectivity index (χ0v) is 11.3. The van der Waals surface area contributed by atoms with E-state index in [2.05, 4.69) is 38.1 Å². The number of ether oxygens (including phenoxy) is 1. The van der Waals surface area contributed by atoms with Crippen molar-refractivity contribution < 1.29 is 4.74 Å². The Morgan fingerprint density at radius 1 is 1.12 bits per heavy atom. The first-order valence-corrected chi connectivity index (χ1v) is 6.49. The highest BCUT2D eigenvalue weighted by Gasteiger charge is 2.05. The third-order valence-electron chi connectivity index (χ3n) is 3.39. The second-order valence-electron chi connectivity index (χ2n) is 4.80. The van der Waals surface area contributed by atoms with Crippen LogP contribution in [0.2, 0.25) is 0 Å². The molecule has 0 aromatic heterocycles. The lowest BCUT2D eigenvalue weighted by Crippen LogP contribution is -2.06. The highest BCUT2D eigenvalue weighted by Crippen LogP contribution is 2.19. The minimum atomic E-state index is 0.339. The van der Waals surface area contributed by atoms with Crippen molar-refractivity contribution in [2.75, 3.05) is 13.7 Å². The van der Waals surface area contributed by atoms with Gasteiger partial charge in [-0.15, -0.1) is 0 Å². The summed E-state index contributed by atoms with van der Waals surface area (Å²) in [7, 11) is 1.77. The molecule has 0 spiro atoms. The molecule has 0 saturated heterocycles. The lowest BCUT2D eigenvalue weighted by atomic mass is 9.96. The van der Waals surface area contributed by atoms with Crippen molar-refractivity contribution in [3.8, 4) is 0 Å². The Morgan fingerprint density at radius 3 is 2.29 bits per heavy atom. The van der Waals surface area contributed by atoms with Crippen molar-refractivity contribution in [1.29, 1.82) is 0 Å². The number of hydrogen-bond donors (Lipinski definition) is 1. The van der Waals surface area contributed by atoms with Crippen molar-refractivity contribution in [2.45, 2.75) is 45.1 Å². The largest absolute Gasteiger partial charge is 0.382 e. The van der Waals surface area contributed by atoms with Crippen LogP contribution in [0.3, 0.4) is 0 Å². The first-order chi connectivity index (χ1) is 8.17. The minimum absolute atomic E-state index is 0.339. The molecule has 2 N–H and O–H groups in total. The Labute approximate surface area is 105 Å². The van der Waals surface area contributed by atoms with Gasteiger partial charge in [-0.2, -0.15) is 0 Å². The molecule has 0 amide bonds. The first kappa shape index (κ1) is 14.2. The topological polar surface area (TPSA) is 35.2 Å². The Balaban J connectivity index is 2.50. The molecule has 2 heteroatoms. The quantitative estimate of drug-likeness (QED) is 0.788. The van der Waals surface area contributed by atoms with Gasteiger partial charge in [0.25, 0.3) is 0 Å². The first-order valence-electron chi connectivity index (χ1n) is 6.49. The van der Waals surface area contributed by atoms with Gasteiger partial charge < -0.3 is 10.5 Å². The number of hydrogen-bond acceptors (Lipinski definition) is 2. The second kappa shape index (κ2) is 7.46. The molecule has 96 valence electrons. The van der Waals surface area contributed by atoms with Crippen LogP contribution in [0.15, 0.2) is 24.3 Å². The van der Waals surface area contributed by atoms with Gasteiger partial charge in [0.15, 0.2) is 0 Å². The van der Waals surface area contributed by atoms with E-state index in [-0.39, 0.29) is 0 Å². The molecule has 2 nitrogen and oxygen atoms in total. The third-order valence-corrected chi connectivity index (χ3v) is 3.39. The van der Waals surface area contributed by atoms with Crippen LogP contribution in [0.25, 0.3) is 0 Å². The van der Waals surface area contributed by atoms with Gasteiger partial charge in [0, 0.05) is 7.11 Å². The van der Waals surface area contributed by atoms with Gasteiger partial charge in [0.2, 0.25) is 0 Å². The maximum Gasteiger partial charge on any atom is 0.0546 e. The van der Waals surface area contributed by atoms with Crippen molar-refractivity contribution in [1.82, 2.24) is 0 Å². The number of nitrogens with two attached hydrogens (primary N) is 1. The lowest BCUT2D eigenvalue weighted by molar-refractivity contribution is 0.111. The molecular weight excluding hydrogens is 210 g/mol. The molecular formula is C15H25NO. The van der Waals surface area contributed by atoms with E-state index in [4.69, 9.17) is 10.5 Å². The summed E-state index contributed by atoms with van der Waals surface area (Å²) >= 11 is 0. The van der Waals surface area contributed by atoms with Crippen LogP contribution in [0.1, 0.15) is 43.7 Å². The zero-order valence-electron chi connectivity index (χ0n) is 11.3. The minimum Gasteiger partial charge on any atom is -0.382 e. The van der Waals surface area contributed by atoms with Crippen LogP contribution < -0.4 is 5.73 Å². The number of aryl methyl sites for hydroxylation is 1. The zero-order chi connectivity index (χ0) is 12.7. The SMILES string of the molecule is COC(C)CCc1ccc(C(C)CCN)cc1. The Morgan fingerprint density at radius 2 is 1.76 bits per heavy atom. The van der Waals surface area contributed by atoms with Gasteiger partial charge >= 0.3 is 0 Å². The number of benzene rings is 1. The van der Waals surface area contributed by atoms with Crippen LogP contribution in [0, 0.1) is 0 Å². The van der Waals surface area contributed by atoms with E-state index in [9.17, 15) is 0 Å². The average Bonchev–Trinajstić information content (AvgIpc) is 2.36. The fourth-order valence-electron chi connectivity index (χ4n) is 1.92. The van der Waals surface area contributed by atoms with E-state index in [1.54, 1.807) is 7.11 Å². The normalized spacial score (nSPS) is 14.6. The van der Waals surface area contributed by atoms with Crippen molar-refractivity contribution in [3.63, 3.8) is 0 Å². The maximum atomic E-state index is 5.58. The Bertz CT molecular complexity index is 307. The second-order valence-corrected chi connectivity index (χ2v) is 4.80. The molecule has 0 aliphatic heterocycles. The Kier molecular flexibility index (Phi) is 6.23. The Hall–Kier alpha value is -0.860. The summed E-state index contributed by atoms with van der Waals surface area (Å²) in [5, 5.41) is 0. The summed E-state index contributed by atoms with van der Waals surface area (Å²) < 4.78 is 5.25. The van der Waals surface area contributed by atoms with Gasteiger partial charge in [-0.05, 0) is 49.8 Å². The van der Waals surface area contributed by atoms with Crippen LogP contribution in [0.4, 0.5) is 0 Å². The van der Waals surface area contributed by atoms with Gasteiger partial charge in [-0.1, -0.05) is 31.2 Å². The summed E-state index contributed by atoms with van der Waals surface area (Å²) in [5.41, 5.74) is 8.35. The van der Waals surface area contributed by atoms with Gasteiger partial charge in [0.05, 0.1) is 6.10 Å². The van der Waals surface area contributed by atoms with Gasteiger partial charge in [-0.25, -0.2) is 0 Å². The molecule has 0 aliphatic carbocycles. The molecule has 1 aromatic carbocycles. The van der Waals surface area contributed by atoms with Crippen LogP contribution in [0.5, 0.6) is 0 Å². The van der Waals surface area contributed by atoms with Crippen LogP contribution in [-0.4, -0.2) is 19.8 Å². The monoisotopic (exact) mass is 235 g/mol. The molecule has 1 aromatic rings. The predicted molar refractivity (Wildman–Crippen MR) is 73.3 cm³/mol. The van der Waals surface area contributed by atoms with E-state index < -0.39 is 0 Å².